The van der Waals surface area contributed by atoms with Gasteiger partial charge in [-0.3, -0.25) is 9.69 Å². The fourth-order valence-electron chi connectivity index (χ4n) is 4.88. The average molecular weight is 499 g/mol. The van der Waals surface area contributed by atoms with Crippen LogP contribution in [-0.4, -0.2) is 58.3 Å². The third-order valence-corrected chi connectivity index (χ3v) is 8.13. The molecule has 1 unspecified atom stereocenters. The van der Waals surface area contributed by atoms with Crippen molar-refractivity contribution in [3.63, 3.8) is 0 Å². The van der Waals surface area contributed by atoms with Gasteiger partial charge in [-0.05, 0) is 61.8 Å². The highest BCUT2D eigenvalue weighted by atomic mass is 32.2. The van der Waals surface area contributed by atoms with Gasteiger partial charge in [0.1, 0.15) is 16.5 Å². The van der Waals surface area contributed by atoms with Crippen LogP contribution < -0.4 is 15.0 Å². The number of sulfonamides is 1. The Kier molecular flexibility index (Phi) is 7.76. The number of anilines is 1. The van der Waals surface area contributed by atoms with Crippen molar-refractivity contribution in [1.29, 1.82) is 0 Å². The molecule has 0 spiro atoms. The second-order valence-electron chi connectivity index (χ2n) is 8.85. The van der Waals surface area contributed by atoms with Crippen molar-refractivity contribution in [3.05, 3.63) is 53.6 Å². The van der Waals surface area contributed by atoms with Gasteiger partial charge in [0.15, 0.2) is 0 Å². The predicted molar refractivity (Wildman–Crippen MR) is 138 cm³/mol. The molecule has 2 aliphatic rings. The number of carbonyl (C=O) groups is 1. The van der Waals surface area contributed by atoms with Gasteiger partial charge in [-0.1, -0.05) is 32.4 Å². The van der Waals surface area contributed by atoms with Gasteiger partial charge < -0.3 is 15.0 Å². The van der Waals surface area contributed by atoms with E-state index < -0.39 is 10.0 Å². The summed E-state index contributed by atoms with van der Waals surface area (Å²) in [5.41, 5.74) is 1.97. The second kappa shape index (κ2) is 10.8. The third kappa shape index (κ3) is 5.36. The van der Waals surface area contributed by atoms with E-state index in [2.05, 4.69) is 28.5 Å². The summed E-state index contributed by atoms with van der Waals surface area (Å²) in [6.07, 6.45) is 3.61. The molecule has 0 radical (unpaired) electrons. The molecule has 9 heteroatoms. The number of ether oxygens (including phenoxy) is 1. The van der Waals surface area contributed by atoms with Crippen molar-refractivity contribution in [2.24, 2.45) is 4.40 Å². The first kappa shape index (κ1) is 25.2. The number of nitrogens with one attached hydrogen (secondary N) is 1. The van der Waals surface area contributed by atoms with Gasteiger partial charge in [0.05, 0.1) is 18.8 Å². The maximum atomic E-state index is 13.1. The lowest BCUT2D eigenvalue weighted by atomic mass is 10.0. The zero-order valence-electron chi connectivity index (χ0n) is 20.7. The Balaban J connectivity index is 1.57. The van der Waals surface area contributed by atoms with E-state index in [4.69, 9.17) is 4.74 Å². The minimum Gasteiger partial charge on any atom is -0.497 e. The number of benzene rings is 2. The van der Waals surface area contributed by atoms with E-state index >= 15 is 0 Å². The van der Waals surface area contributed by atoms with Crippen molar-refractivity contribution >= 4 is 27.5 Å². The van der Waals surface area contributed by atoms with Gasteiger partial charge in [-0.25, -0.2) is 0 Å². The fourth-order valence-corrected chi connectivity index (χ4v) is 6.17. The molecule has 1 saturated heterocycles. The lowest BCUT2D eigenvalue weighted by Crippen LogP contribution is -2.38. The van der Waals surface area contributed by atoms with E-state index in [0.717, 1.165) is 50.2 Å². The topological polar surface area (TPSA) is 91.3 Å². The van der Waals surface area contributed by atoms with E-state index in [1.54, 1.807) is 19.2 Å². The molecule has 2 aromatic carbocycles. The summed E-state index contributed by atoms with van der Waals surface area (Å²) < 4.78 is 35.3. The quantitative estimate of drug-likeness (QED) is 0.592. The van der Waals surface area contributed by atoms with Gasteiger partial charge in [0, 0.05) is 25.1 Å². The number of amidine groups is 1. The number of carbonyl (C=O) groups excluding carboxylic acids is 1. The summed E-state index contributed by atoms with van der Waals surface area (Å²) in [6.45, 7) is 6.93. The molecule has 2 aromatic rings. The number of nitrogens with zero attached hydrogens (tertiary/aromatic N) is 3. The van der Waals surface area contributed by atoms with Crippen molar-refractivity contribution in [1.82, 2.24) is 10.2 Å². The molecule has 2 aliphatic heterocycles. The molecule has 0 bridgehead atoms. The molecule has 188 valence electrons. The van der Waals surface area contributed by atoms with Gasteiger partial charge in [0.25, 0.3) is 15.9 Å². The SMILES string of the molecule is CCN(CC)C(CNC(=O)c1ccc2c(c1)S(=O)(=O)N=C1CCCCCN12)c1cccc(OC)c1. The molecule has 35 heavy (non-hydrogen) atoms. The maximum absolute atomic E-state index is 13.1. The first-order valence-electron chi connectivity index (χ1n) is 12.3. The molecule has 0 aromatic heterocycles. The number of hydrogen-bond donors (Lipinski definition) is 1. The number of rotatable bonds is 8. The van der Waals surface area contributed by atoms with Crippen molar-refractivity contribution in [3.8, 4) is 5.75 Å². The van der Waals surface area contributed by atoms with Crippen molar-refractivity contribution in [2.75, 3.05) is 38.2 Å². The van der Waals surface area contributed by atoms with E-state index in [1.807, 2.05) is 29.2 Å². The van der Waals surface area contributed by atoms with Crippen LogP contribution in [0.2, 0.25) is 0 Å². The van der Waals surface area contributed by atoms with Crippen LogP contribution in [0.5, 0.6) is 5.75 Å². The highest BCUT2D eigenvalue weighted by Gasteiger charge is 2.32. The largest absolute Gasteiger partial charge is 0.497 e. The second-order valence-corrected chi connectivity index (χ2v) is 10.4. The highest BCUT2D eigenvalue weighted by Crippen LogP contribution is 2.35. The van der Waals surface area contributed by atoms with Crippen molar-refractivity contribution in [2.45, 2.75) is 50.5 Å². The minimum absolute atomic E-state index is 0.0466. The van der Waals surface area contributed by atoms with Crippen LogP contribution >= 0.6 is 0 Å². The molecule has 0 aliphatic carbocycles. The molecule has 4 rings (SSSR count). The molecule has 0 saturated carbocycles. The molecule has 1 amide bonds. The smallest absolute Gasteiger partial charge is 0.286 e. The van der Waals surface area contributed by atoms with Gasteiger partial charge in [0.2, 0.25) is 0 Å². The Morgan fingerprint density at radius 2 is 1.94 bits per heavy atom. The van der Waals surface area contributed by atoms with Gasteiger partial charge in [-0.2, -0.15) is 8.42 Å². The highest BCUT2D eigenvalue weighted by molar-refractivity contribution is 7.90. The van der Waals surface area contributed by atoms with Gasteiger partial charge >= 0.3 is 0 Å². The summed E-state index contributed by atoms with van der Waals surface area (Å²) >= 11 is 0. The molecular weight excluding hydrogens is 464 g/mol. The Morgan fingerprint density at radius 1 is 1.14 bits per heavy atom. The molecular formula is C26H34N4O4S. The van der Waals surface area contributed by atoms with Crippen LogP contribution in [0.15, 0.2) is 51.8 Å². The summed E-state index contributed by atoms with van der Waals surface area (Å²) in [5.74, 6) is 1.06. The molecule has 1 fully saturated rings. The third-order valence-electron chi connectivity index (χ3n) is 6.80. The first-order chi connectivity index (χ1) is 16.9. The zero-order valence-corrected chi connectivity index (χ0v) is 21.5. The summed E-state index contributed by atoms with van der Waals surface area (Å²) in [4.78, 5) is 17.5. The number of amides is 1. The Morgan fingerprint density at radius 3 is 2.69 bits per heavy atom. The predicted octanol–water partition coefficient (Wildman–Crippen LogP) is 3.99. The monoisotopic (exact) mass is 498 g/mol. The standard InChI is InChI=1S/C26H34N4O4S/c1-4-29(5-2)23(19-10-9-11-21(16-19)34-3)18-27-26(31)20-13-14-22-24(17-20)35(32,33)28-25-12-7-6-8-15-30(22)25/h9-11,13-14,16-17,23H,4-8,12,15,18H2,1-3H3,(H,27,31). The molecule has 2 heterocycles. The molecule has 1 N–H and O–H groups in total. The van der Waals surface area contributed by atoms with Gasteiger partial charge in [-0.15, -0.1) is 4.40 Å². The van der Waals surface area contributed by atoms with Crippen LogP contribution in [0.3, 0.4) is 0 Å². The van der Waals surface area contributed by atoms with Crippen molar-refractivity contribution < 1.29 is 17.9 Å². The summed E-state index contributed by atoms with van der Waals surface area (Å²) in [5, 5.41) is 3.02. The Labute approximate surface area is 208 Å². The molecule has 8 nitrogen and oxygen atoms in total. The van der Waals surface area contributed by atoms with E-state index in [-0.39, 0.29) is 16.8 Å². The zero-order chi connectivity index (χ0) is 25.0. The van der Waals surface area contributed by atoms with Crippen LogP contribution in [0.25, 0.3) is 0 Å². The fraction of sp³-hybridized carbons (Fsp3) is 0.462. The summed E-state index contributed by atoms with van der Waals surface area (Å²) in [6, 6.07) is 12.7. The minimum atomic E-state index is -3.84. The average Bonchev–Trinajstić information content (AvgIpc) is 3.11. The van der Waals surface area contributed by atoms with E-state index in [1.165, 1.54) is 6.07 Å². The van der Waals surface area contributed by atoms with E-state index in [0.29, 0.717) is 30.1 Å². The van der Waals surface area contributed by atoms with Crippen LogP contribution in [0, 0.1) is 0 Å². The molecule has 1 atom stereocenters. The number of fused-ring (bicyclic) bond motifs is 3. The first-order valence-corrected chi connectivity index (χ1v) is 13.7. The van der Waals surface area contributed by atoms with Crippen LogP contribution in [-0.2, 0) is 10.0 Å². The lowest BCUT2D eigenvalue weighted by Gasteiger charge is -2.31. The Hall–Kier alpha value is -2.91. The van der Waals surface area contributed by atoms with Crippen LogP contribution in [0.1, 0.15) is 61.5 Å². The normalized spacial score (nSPS) is 17.6. The number of methoxy groups -OCH3 is 1. The maximum Gasteiger partial charge on any atom is 0.286 e. The Bertz CT molecular complexity index is 1210. The van der Waals surface area contributed by atoms with Crippen LogP contribution in [0.4, 0.5) is 5.69 Å². The van der Waals surface area contributed by atoms with E-state index in [9.17, 15) is 13.2 Å². The summed E-state index contributed by atoms with van der Waals surface area (Å²) in [7, 11) is -2.21. The number of likely N-dealkylation sites (N-methyl/N-ethyl adjacent to an activating group) is 1. The number of hydrogen-bond acceptors (Lipinski definition) is 6. The lowest BCUT2D eigenvalue weighted by molar-refractivity contribution is 0.0934.